The first-order chi connectivity index (χ1) is 10.1. The summed E-state index contributed by atoms with van der Waals surface area (Å²) in [6.45, 7) is 0.564. The lowest BCUT2D eigenvalue weighted by Gasteiger charge is -2.21. The van der Waals surface area contributed by atoms with Crippen LogP contribution in [0.25, 0.3) is 0 Å². The van der Waals surface area contributed by atoms with Gasteiger partial charge in [0.15, 0.2) is 0 Å². The molecule has 2 aromatic rings. The normalized spacial score (nSPS) is 12.0. The summed E-state index contributed by atoms with van der Waals surface area (Å²) in [5.41, 5.74) is 7.98. The van der Waals surface area contributed by atoms with Gasteiger partial charge in [-0.1, -0.05) is 42.5 Å². The summed E-state index contributed by atoms with van der Waals surface area (Å²) in [5.74, 6) is -0.0739. The van der Waals surface area contributed by atoms with Gasteiger partial charge in [0, 0.05) is 18.5 Å². The largest absolute Gasteiger partial charge is 0.340 e. The first kappa shape index (κ1) is 15.6. The molecule has 0 aliphatic carbocycles. The Morgan fingerprint density at radius 2 is 1.76 bits per heavy atom. The molecule has 110 valence electrons. The molecule has 2 N–H and O–H groups in total. The number of carbonyl (C=O) groups is 1. The topological polar surface area (TPSA) is 46.3 Å². The molecular formula is C17H20N2OS. The molecule has 0 saturated heterocycles. The van der Waals surface area contributed by atoms with E-state index in [2.05, 4.69) is 12.1 Å². The molecule has 0 aliphatic heterocycles. The van der Waals surface area contributed by atoms with Gasteiger partial charge in [-0.05, 0) is 29.5 Å². The van der Waals surface area contributed by atoms with Gasteiger partial charge in [0.1, 0.15) is 6.04 Å². The van der Waals surface area contributed by atoms with Crippen molar-refractivity contribution < 1.29 is 4.79 Å². The van der Waals surface area contributed by atoms with E-state index in [1.807, 2.05) is 48.7 Å². The molecule has 0 fully saturated rings. The van der Waals surface area contributed by atoms with E-state index in [1.165, 1.54) is 4.90 Å². The molecule has 0 heterocycles. The highest BCUT2D eigenvalue weighted by atomic mass is 32.2. The van der Waals surface area contributed by atoms with Gasteiger partial charge >= 0.3 is 0 Å². The third-order valence-electron chi connectivity index (χ3n) is 3.38. The van der Waals surface area contributed by atoms with Crippen molar-refractivity contribution in [1.29, 1.82) is 0 Å². The van der Waals surface area contributed by atoms with Gasteiger partial charge in [0.25, 0.3) is 0 Å². The van der Waals surface area contributed by atoms with Gasteiger partial charge in [0.05, 0.1) is 0 Å². The van der Waals surface area contributed by atoms with Crippen LogP contribution in [0.1, 0.15) is 17.2 Å². The Bertz CT molecular complexity index is 583. The first-order valence-electron chi connectivity index (χ1n) is 6.80. The highest BCUT2D eigenvalue weighted by Crippen LogP contribution is 2.17. The van der Waals surface area contributed by atoms with Crippen molar-refractivity contribution in [2.45, 2.75) is 17.5 Å². The lowest BCUT2D eigenvalue weighted by Crippen LogP contribution is -2.35. The Balaban J connectivity index is 2.01. The van der Waals surface area contributed by atoms with Crippen molar-refractivity contribution in [3.05, 3.63) is 65.7 Å². The predicted octanol–water partition coefficient (Wildman–Crippen LogP) is 3.07. The van der Waals surface area contributed by atoms with Crippen LogP contribution in [0.5, 0.6) is 0 Å². The van der Waals surface area contributed by atoms with E-state index in [9.17, 15) is 4.79 Å². The van der Waals surface area contributed by atoms with Crippen molar-refractivity contribution in [3.63, 3.8) is 0 Å². The molecular weight excluding hydrogens is 280 g/mol. The maximum Gasteiger partial charge on any atom is 0.244 e. The van der Waals surface area contributed by atoms with Crippen LogP contribution in [0.3, 0.4) is 0 Å². The maximum absolute atomic E-state index is 12.4. The molecule has 0 aromatic heterocycles. The van der Waals surface area contributed by atoms with Crippen LogP contribution in [0, 0.1) is 0 Å². The minimum Gasteiger partial charge on any atom is -0.340 e. The summed E-state index contributed by atoms with van der Waals surface area (Å²) in [5, 5.41) is 0. The SMILES string of the molecule is CSc1ccc(CN(C)C(=O)[C@@H](N)c2ccccc2)cc1. The average Bonchev–Trinajstić information content (AvgIpc) is 2.55. The zero-order valence-electron chi connectivity index (χ0n) is 12.3. The van der Waals surface area contributed by atoms with E-state index in [0.717, 1.165) is 11.1 Å². The zero-order chi connectivity index (χ0) is 15.2. The zero-order valence-corrected chi connectivity index (χ0v) is 13.1. The molecule has 4 heteroatoms. The lowest BCUT2D eigenvalue weighted by atomic mass is 10.1. The summed E-state index contributed by atoms with van der Waals surface area (Å²) >= 11 is 1.70. The van der Waals surface area contributed by atoms with Gasteiger partial charge in [0.2, 0.25) is 5.91 Å². The van der Waals surface area contributed by atoms with E-state index in [4.69, 9.17) is 5.73 Å². The van der Waals surface area contributed by atoms with E-state index >= 15 is 0 Å². The molecule has 3 nitrogen and oxygen atoms in total. The van der Waals surface area contributed by atoms with Crippen LogP contribution in [0.4, 0.5) is 0 Å². The molecule has 0 unspecified atom stereocenters. The second-order valence-electron chi connectivity index (χ2n) is 4.93. The quantitative estimate of drug-likeness (QED) is 0.863. The van der Waals surface area contributed by atoms with Gasteiger partial charge in [-0.3, -0.25) is 4.79 Å². The molecule has 0 radical (unpaired) electrons. The maximum atomic E-state index is 12.4. The van der Waals surface area contributed by atoms with Gasteiger partial charge in [-0.2, -0.15) is 0 Å². The molecule has 0 bridgehead atoms. The number of nitrogens with zero attached hydrogens (tertiary/aromatic N) is 1. The standard InChI is InChI=1S/C17H20N2OS/c1-19(12-13-8-10-15(21-2)11-9-13)17(20)16(18)14-6-4-3-5-7-14/h3-11,16H,12,18H2,1-2H3/t16-/m0/s1. The summed E-state index contributed by atoms with van der Waals surface area (Å²) in [6, 6.07) is 17.1. The van der Waals surface area contributed by atoms with E-state index in [0.29, 0.717) is 6.54 Å². The molecule has 0 saturated carbocycles. The predicted molar refractivity (Wildman–Crippen MR) is 88.1 cm³/mol. The number of benzene rings is 2. The number of carbonyl (C=O) groups excluding carboxylic acids is 1. The number of thioether (sulfide) groups is 1. The van der Waals surface area contributed by atoms with Crippen LogP contribution in [0.2, 0.25) is 0 Å². The summed E-state index contributed by atoms with van der Waals surface area (Å²) < 4.78 is 0. The second kappa shape index (κ2) is 7.29. The number of nitrogens with two attached hydrogens (primary N) is 1. The fourth-order valence-corrected chi connectivity index (χ4v) is 2.53. The molecule has 0 aliphatic rings. The fourth-order valence-electron chi connectivity index (χ4n) is 2.12. The van der Waals surface area contributed by atoms with Gasteiger partial charge < -0.3 is 10.6 Å². The van der Waals surface area contributed by atoms with Gasteiger partial charge in [-0.25, -0.2) is 0 Å². The van der Waals surface area contributed by atoms with Crippen molar-refractivity contribution in [3.8, 4) is 0 Å². The summed E-state index contributed by atoms with van der Waals surface area (Å²) in [6.07, 6.45) is 2.05. The minimum atomic E-state index is -0.610. The monoisotopic (exact) mass is 300 g/mol. The van der Waals surface area contributed by atoms with Crippen molar-refractivity contribution >= 4 is 17.7 Å². The number of rotatable bonds is 5. The Kier molecular flexibility index (Phi) is 5.42. The Labute approximate surface area is 130 Å². The highest BCUT2D eigenvalue weighted by molar-refractivity contribution is 7.98. The Hall–Kier alpha value is -1.78. The average molecular weight is 300 g/mol. The Morgan fingerprint density at radius 3 is 2.33 bits per heavy atom. The molecule has 1 atom stereocenters. The minimum absolute atomic E-state index is 0.0739. The number of hydrogen-bond acceptors (Lipinski definition) is 3. The van der Waals surface area contributed by atoms with E-state index < -0.39 is 6.04 Å². The lowest BCUT2D eigenvalue weighted by molar-refractivity contribution is -0.131. The fraction of sp³-hybridized carbons (Fsp3) is 0.235. The summed E-state index contributed by atoms with van der Waals surface area (Å²) in [7, 11) is 1.79. The number of likely N-dealkylation sites (N-methyl/N-ethyl adjacent to an activating group) is 1. The molecule has 0 spiro atoms. The smallest absolute Gasteiger partial charge is 0.244 e. The van der Waals surface area contributed by atoms with Gasteiger partial charge in [-0.15, -0.1) is 11.8 Å². The van der Waals surface area contributed by atoms with E-state index in [1.54, 1.807) is 23.7 Å². The molecule has 1 amide bonds. The van der Waals surface area contributed by atoms with Crippen molar-refractivity contribution in [2.24, 2.45) is 5.73 Å². The third kappa shape index (κ3) is 4.09. The highest BCUT2D eigenvalue weighted by Gasteiger charge is 2.19. The second-order valence-corrected chi connectivity index (χ2v) is 5.81. The molecule has 21 heavy (non-hydrogen) atoms. The third-order valence-corrected chi connectivity index (χ3v) is 4.12. The van der Waals surface area contributed by atoms with Crippen LogP contribution >= 0.6 is 11.8 Å². The van der Waals surface area contributed by atoms with Crippen LogP contribution < -0.4 is 5.73 Å². The van der Waals surface area contributed by atoms with Crippen molar-refractivity contribution in [1.82, 2.24) is 4.90 Å². The van der Waals surface area contributed by atoms with Crippen molar-refractivity contribution in [2.75, 3.05) is 13.3 Å². The van der Waals surface area contributed by atoms with Crippen LogP contribution in [0.15, 0.2) is 59.5 Å². The van der Waals surface area contributed by atoms with E-state index in [-0.39, 0.29) is 5.91 Å². The molecule has 2 aromatic carbocycles. The van der Waals surface area contributed by atoms with Crippen LogP contribution in [-0.4, -0.2) is 24.1 Å². The number of hydrogen-bond donors (Lipinski definition) is 1. The molecule has 2 rings (SSSR count). The van der Waals surface area contributed by atoms with Crippen LogP contribution in [-0.2, 0) is 11.3 Å². The summed E-state index contributed by atoms with van der Waals surface area (Å²) in [4.78, 5) is 15.3. The Morgan fingerprint density at radius 1 is 1.14 bits per heavy atom. The number of amides is 1. The first-order valence-corrected chi connectivity index (χ1v) is 8.02.